The molecule has 3 heteroatoms. The molecule has 1 fully saturated rings. The maximum absolute atomic E-state index is 11.6. The van der Waals surface area contributed by atoms with Crippen molar-refractivity contribution in [2.75, 3.05) is 6.61 Å². The minimum atomic E-state index is -0.696. The van der Waals surface area contributed by atoms with E-state index in [0.29, 0.717) is 18.4 Å². The molecule has 3 nitrogen and oxygen atoms in total. The zero-order chi connectivity index (χ0) is 14.8. The van der Waals surface area contributed by atoms with E-state index >= 15 is 0 Å². The lowest BCUT2D eigenvalue weighted by atomic mass is 9.58. The van der Waals surface area contributed by atoms with E-state index in [0.717, 1.165) is 30.6 Å². The van der Waals surface area contributed by atoms with Crippen molar-refractivity contribution in [3.05, 3.63) is 29.8 Å². The van der Waals surface area contributed by atoms with Gasteiger partial charge in [-0.2, -0.15) is 0 Å². The third-order valence-electron chi connectivity index (χ3n) is 4.25. The first-order valence-corrected chi connectivity index (χ1v) is 7.44. The summed E-state index contributed by atoms with van der Waals surface area (Å²) in [5.41, 5.74) is 0.239. The fraction of sp³-hybridized carbons (Fsp3) is 0.588. The summed E-state index contributed by atoms with van der Waals surface area (Å²) >= 11 is 0. The van der Waals surface area contributed by atoms with Crippen LogP contribution in [0.1, 0.15) is 45.6 Å². The van der Waals surface area contributed by atoms with E-state index in [1.54, 1.807) is 0 Å². The lowest BCUT2D eigenvalue weighted by Crippen LogP contribution is -2.47. The van der Waals surface area contributed by atoms with Gasteiger partial charge in [-0.1, -0.05) is 39.3 Å². The molecule has 0 bridgehead atoms. The molecule has 1 saturated carbocycles. The first kappa shape index (κ1) is 14.9. The lowest BCUT2D eigenvalue weighted by Gasteiger charge is -2.44. The van der Waals surface area contributed by atoms with Crippen molar-refractivity contribution >= 4 is 5.97 Å². The van der Waals surface area contributed by atoms with Crippen LogP contribution in [-0.2, 0) is 10.2 Å². The predicted octanol–water partition coefficient (Wildman–Crippen LogP) is 3.86. The molecule has 0 aliphatic heterocycles. The van der Waals surface area contributed by atoms with E-state index in [4.69, 9.17) is 4.74 Å². The van der Waals surface area contributed by atoms with Crippen LogP contribution in [0.2, 0.25) is 0 Å². The number of carboxylic acids is 1. The highest BCUT2D eigenvalue weighted by atomic mass is 16.5. The van der Waals surface area contributed by atoms with Gasteiger partial charge in [0.05, 0.1) is 12.0 Å². The maximum atomic E-state index is 11.6. The number of aliphatic carboxylic acids is 1. The molecule has 1 aliphatic rings. The summed E-state index contributed by atoms with van der Waals surface area (Å²) in [6, 6.07) is 7.61. The van der Waals surface area contributed by atoms with E-state index in [1.807, 2.05) is 24.3 Å². The fourth-order valence-corrected chi connectivity index (χ4v) is 2.88. The Bertz CT molecular complexity index is 456. The molecule has 2 rings (SSSR count). The number of rotatable bonds is 6. The molecule has 1 aliphatic carbocycles. The molecule has 0 unspecified atom stereocenters. The Balaban J connectivity index is 2.10. The van der Waals surface area contributed by atoms with Gasteiger partial charge in [-0.15, -0.1) is 0 Å². The van der Waals surface area contributed by atoms with Crippen LogP contribution in [0, 0.1) is 11.8 Å². The Morgan fingerprint density at radius 3 is 2.40 bits per heavy atom. The molecule has 1 aromatic carbocycles. The van der Waals surface area contributed by atoms with Crippen LogP contribution < -0.4 is 4.74 Å². The van der Waals surface area contributed by atoms with Crippen molar-refractivity contribution in [3.8, 4) is 5.75 Å². The van der Waals surface area contributed by atoms with Crippen LogP contribution in [0.3, 0.4) is 0 Å². The molecule has 110 valence electrons. The summed E-state index contributed by atoms with van der Waals surface area (Å²) in [5, 5.41) is 9.56. The van der Waals surface area contributed by atoms with Crippen LogP contribution in [0.25, 0.3) is 0 Å². The third-order valence-corrected chi connectivity index (χ3v) is 4.25. The van der Waals surface area contributed by atoms with Gasteiger partial charge in [0.2, 0.25) is 0 Å². The normalized spacial score (nSPS) is 25.3. The van der Waals surface area contributed by atoms with E-state index in [9.17, 15) is 9.90 Å². The average molecular weight is 276 g/mol. The summed E-state index contributed by atoms with van der Waals surface area (Å²) < 4.78 is 5.64. The number of benzene rings is 1. The smallest absolute Gasteiger partial charge is 0.314 e. The first-order chi connectivity index (χ1) is 9.48. The van der Waals surface area contributed by atoms with Gasteiger partial charge in [-0.3, -0.25) is 4.79 Å². The Morgan fingerprint density at radius 2 is 1.95 bits per heavy atom. The second-order valence-electron chi connectivity index (χ2n) is 6.30. The maximum Gasteiger partial charge on any atom is 0.314 e. The summed E-state index contributed by atoms with van der Waals surface area (Å²) in [4.78, 5) is 11.6. The molecule has 0 heterocycles. The van der Waals surface area contributed by atoms with Crippen molar-refractivity contribution < 1.29 is 14.6 Å². The van der Waals surface area contributed by atoms with Crippen molar-refractivity contribution in [1.82, 2.24) is 0 Å². The van der Waals surface area contributed by atoms with Crippen molar-refractivity contribution in [3.63, 3.8) is 0 Å². The van der Waals surface area contributed by atoms with Gasteiger partial charge < -0.3 is 9.84 Å². The Hall–Kier alpha value is -1.51. The molecule has 0 amide bonds. The second kappa shape index (κ2) is 5.86. The Kier molecular flexibility index (Phi) is 4.36. The van der Waals surface area contributed by atoms with Gasteiger partial charge in [0.1, 0.15) is 5.75 Å². The number of hydrogen-bond donors (Lipinski definition) is 1. The summed E-state index contributed by atoms with van der Waals surface area (Å²) in [6.45, 7) is 7.01. The molecule has 0 saturated heterocycles. The highest BCUT2D eigenvalue weighted by Gasteiger charge is 2.50. The number of ether oxygens (including phenoxy) is 1. The van der Waals surface area contributed by atoms with Crippen LogP contribution in [0.15, 0.2) is 24.3 Å². The quantitative estimate of drug-likeness (QED) is 0.858. The van der Waals surface area contributed by atoms with Crippen LogP contribution in [0.5, 0.6) is 5.75 Å². The van der Waals surface area contributed by atoms with Crippen molar-refractivity contribution in [2.24, 2.45) is 11.8 Å². The zero-order valence-electron chi connectivity index (χ0n) is 12.6. The molecule has 20 heavy (non-hydrogen) atoms. The first-order valence-electron chi connectivity index (χ1n) is 7.44. The SMILES string of the molecule is CCC1CC(C(=O)O)(c2ccc(OCC(C)C)cc2)C1. The largest absolute Gasteiger partial charge is 0.493 e. The van der Waals surface area contributed by atoms with Gasteiger partial charge in [0, 0.05) is 0 Å². The lowest BCUT2D eigenvalue weighted by molar-refractivity contribution is -0.149. The van der Waals surface area contributed by atoms with Crippen LogP contribution in [-0.4, -0.2) is 17.7 Å². The minimum Gasteiger partial charge on any atom is -0.493 e. The van der Waals surface area contributed by atoms with E-state index in [-0.39, 0.29) is 0 Å². The van der Waals surface area contributed by atoms with E-state index in [1.165, 1.54) is 0 Å². The van der Waals surface area contributed by atoms with Gasteiger partial charge in [-0.25, -0.2) is 0 Å². The topological polar surface area (TPSA) is 46.5 Å². The minimum absolute atomic E-state index is 0.483. The predicted molar refractivity (Wildman–Crippen MR) is 79.1 cm³/mol. The van der Waals surface area contributed by atoms with Crippen LogP contribution >= 0.6 is 0 Å². The molecule has 0 spiro atoms. The standard InChI is InChI=1S/C17H24O3/c1-4-13-9-17(10-13,16(18)19)14-5-7-15(8-6-14)20-11-12(2)3/h5-8,12-13H,4,9-11H2,1-3H3,(H,18,19). The molecule has 1 aromatic rings. The van der Waals surface area contributed by atoms with Gasteiger partial charge in [-0.05, 0) is 42.4 Å². The van der Waals surface area contributed by atoms with Gasteiger partial charge in [0.25, 0.3) is 0 Å². The molecule has 0 aromatic heterocycles. The molecule has 1 N–H and O–H groups in total. The number of carbonyl (C=O) groups is 1. The third kappa shape index (κ3) is 2.82. The average Bonchev–Trinajstić information content (AvgIpc) is 2.36. The summed E-state index contributed by atoms with van der Waals surface area (Å²) in [5.74, 6) is 1.15. The molecular formula is C17H24O3. The highest BCUT2D eigenvalue weighted by molar-refractivity contribution is 5.82. The number of hydrogen-bond acceptors (Lipinski definition) is 2. The van der Waals surface area contributed by atoms with Gasteiger partial charge >= 0.3 is 5.97 Å². The summed E-state index contributed by atoms with van der Waals surface area (Å²) in [6.07, 6.45) is 2.57. The van der Waals surface area contributed by atoms with E-state index in [2.05, 4.69) is 20.8 Å². The fourth-order valence-electron chi connectivity index (χ4n) is 2.88. The molecule has 0 atom stereocenters. The number of carboxylic acid groups (broad SMARTS) is 1. The molecular weight excluding hydrogens is 252 g/mol. The Morgan fingerprint density at radius 1 is 1.35 bits per heavy atom. The second-order valence-corrected chi connectivity index (χ2v) is 6.30. The molecule has 0 radical (unpaired) electrons. The monoisotopic (exact) mass is 276 g/mol. The van der Waals surface area contributed by atoms with E-state index < -0.39 is 11.4 Å². The zero-order valence-corrected chi connectivity index (χ0v) is 12.6. The van der Waals surface area contributed by atoms with Crippen LogP contribution in [0.4, 0.5) is 0 Å². The Labute approximate surface area is 121 Å². The van der Waals surface area contributed by atoms with Gasteiger partial charge in [0.15, 0.2) is 0 Å². The highest BCUT2D eigenvalue weighted by Crippen LogP contribution is 2.49. The summed E-state index contributed by atoms with van der Waals surface area (Å²) in [7, 11) is 0. The van der Waals surface area contributed by atoms with Crippen molar-refractivity contribution in [1.29, 1.82) is 0 Å². The van der Waals surface area contributed by atoms with Crippen molar-refractivity contribution in [2.45, 2.75) is 45.4 Å².